The van der Waals surface area contributed by atoms with Crippen molar-refractivity contribution in [3.05, 3.63) is 4.91 Å². The van der Waals surface area contributed by atoms with Gasteiger partial charge in [0.25, 0.3) is 5.91 Å². The highest BCUT2D eigenvalue weighted by atomic mass is 16.3. The van der Waals surface area contributed by atoms with Crippen LogP contribution in [0.5, 0.6) is 0 Å². The average Bonchev–Trinajstić information content (AvgIpc) is 1.89. The molecule has 1 amide bonds. The van der Waals surface area contributed by atoms with Crippen LogP contribution in [0.2, 0.25) is 0 Å². The molecular weight excluding hydrogens is 122 g/mol. The highest BCUT2D eigenvalue weighted by Gasteiger charge is 1.97. The summed E-state index contributed by atoms with van der Waals surface area (Å²) < 4.78 is 0. The predicted octanol–water partition coefficient (Wildman–Crippen LogP) is 0.649. The third-order valence-electron chi connectivity index (χ3n) is 0.814. The monoisotopic (exact) mass is 129 g/mol. The summed E-state index contributed by atoms with van der Waals surface area (Å²) in [5, 5.41) is 2.16. The van der Waals surface area contributed by atoms with Crippen LogP contribution in [0.4, 0.5) is 0 Å². The maximum Gasteiger partial charge on any atom is 0.286 e. The van der Waals surface area contributed by atoms with Crippen LogP contribution in [0.15, 0.2) is 5.18 Å². The van der Waals surface area contributed by atoms with Gasteiger partial charge >= 0.3 is 0 Å². The number of rotatable bonds is 4. The lowest BCUT2D eigenvalue weighted by atomic mass is 10.2. The molecule has 0 aliphatic heterocycles. The van der Waals surface area contributed by atoms with Crippen LogP contribution in [0.1, 0.15) is 19.3 Å². The van der Waals surface area contributed by atoms with Crippen LogP contribution >= 0.6 is 0 Å². The molecule has 0 unspecified atom stereocenters. The fourth-order valence-corrected chi connectivity index (χ4v) is 0.382. The Labute approximate surface area is 52.2 Å². The molecule has 0 radical (unpaired) electrons. The summed E-state index contributed by atoms with van der Waals surface area (Å²) in [6, 6.07) is 0. The number of unbranched alkanes of at least 4 members (excludes halogenated alkanes) is 1. The zero-order chi connectivity index (χ0) is 7.11. The number of carbonyl (C=O) groups is 2. The molecule has 0 spiro atoms. The van der Waals surface area contributed by atoms with Gasteiger partial charge in [0.15, 0.2) is 0 Å². The Morgan fingerprint density at radius 3 is 2.67 bits per heavy atom. The third-order valence-corrected chi connectivity index (χ3v) is 0.814. The highest BCUT2D eigenvalue weighted by molar-refractivity contribution is 5.76. The molecule has 4 nitrogen and oxygen atoms in total. The Balaban J connectivity index is 3.16. The molecule has 0 saturated heterocycles. The van der Waals surface area contributed by atoms with Crippen molar-refractivity contribution < 1.29 is 9.59 Å². The molecule has 0 N–H and O–H groups in total. The number of amides is 1. The Morgan fingerprint density at radius 1 is 1.56 bits per heavy atom. The first kappa shape index (κ1) is 7.94. The van der Waals surface area contributed by atoms with Gasteiger partial charge in [-0.15, -0.1) is 4.91 Å². The minimum atomic E-state index is -0.683. The fraction of sp³-hybridized carbons (Fsp3) is 0.600. The summed E-state index contributed by atoms with van der Waals surface area (Å²) in [5.41, 5.74) is 0. The molecule has 0 saturated carbocycles. The summed E-state index contributed by atoms with van der Waals surface area (Å²) in [7, 11) is 0. The van der Waals surface area contributed by atoms with Gasteiger partial charge in [-0.05, 0) is 6.42 Å². The van der Waals surface area contributed by atoms with Crippen molar-refractivity contribution in [2.45, 2.75) is 19.3 Å². The number of nitrogens with zero attached hydrogens (tertiary/aromatic N) is 1. The summed E-state index contributed by atoms with van der Waals surface area (Å²) in [4.78, 5) is 29.2. The van der Waals surface area contributed by atoms with Crippen molar-refractivity contribution in [1.29, 1.82) is 0 Å². The molecule has 0 aromatic heterocycles. The van der Waals surface area contributed by atoms with Gasteiger partial charge in [0, 0.05) is 18.0 Å². The summed E-state index contributed by atoms with van der Waals surface area (Å²) in [6.45, 7) is 0. The lowest BCUT2D eigenvalue weighted by molar-refractivity contribution is -0.118. The summed E-state index contributed by atoms with van der Waals surface area (Å²) in [5.74, 6) is -0.683. The lowest BCUT2D eigenvalue weighted by Crippen LogP contribution is -1.90. The molecule has 0 fully saturated rings. The van der Waals surface area contributed by atoms with E-state index in [2.05, 4.69) is 5.18 Å². The quantitative estimate of drug-likeness (QED) is 0.318. The van der Waals surface area contributed by atoms with E-state index in [1.165, 1.54) is 0 Å². The molecule has 0 aliphatic rings. The van der Waals surface area contributed by atoms with E-state index in [4.69, 9.17) is 0 Å². The number of hydrogen-bond donors (Lipinski definition) is 0. The van der Waals surface area contributed by atoms with Crippen molar-refractivity contribution >= 4 is 12.2 Å². The molecule has 4 heteroatoms. The van der Waals surface area contributed by atoms with E-state index >= 15 is 0 Å². The van der Waals surface area contributed by atoms with E-state index in [0.717, 1.165) is 0 Å². The Hall–Kier alpha value is -1.06. The minimum Gasteiger partial charge on any atom is -0.303 e. The molecule has 0 bridgehead atoms. The molecule has 0 atom stereocenters. The van der Waals surface area contributed by atoms with E-state index in [-0.39, 0.29) is 6.42 Å². The van der Waals surface area contributed by atoms with E-state index in [1.807, 2.05) is 0 Å². The normalized spacial score (nSPS) is 8.44. The molecule has 0 aromatic carbocycles. The first-order valence-electron chi connectivity index (χ1n) is 2.61. The maximum atomic E-state index is 10.1. The van der Waals surface area contributed by atoms with Crippen LogP contribution in [-0.2, 0) is 9.59 Å². The van der Waals surface area contributed by atoms with E-state index in [0.29, 0.717) is 19.1 Å². The molecule has 0 rings (SSSR count). The Bertz CT molecular complexity index is 121. The Kier molecular flexibility index (Phi) is 4.49. The summed E-state index contributed by atoms with van der Waals surface area (Å²) in [6.07, 6.45) is 1.54. The van der Waals surface area contributed by atoms with Crippen molar-refractivity contribution in [2.75, 3.05) is 0 Å². The number of carbonyl (C=O) groups excluding carboxylic acids is 2. The van der Waals surface area contributed by atoms with Gasteiger partial charge in [0.05, 0.1) is 0 Å². The van der Waals surface area contributed by atoms with Crippen LogP contribution < -0.4 is 0 Å². The van der Waals surface area contributed by atoms with E-state index in [9.17, 15) is 14.5 Å². The van der Waals surface area contributed by atoms with Gasteiger partial charge in [-0.25, -0.2) is 0 Å². The van der Waals surface area contributed by atoms with Crippen molar-refractivity contribution in [1.82, 2.24) is 0 Å². The standard InChI is InChI=1S/C5H7NO3/c7-4-2-1-3-5(8)6-9/h4H,1-3H2. The highest BCUT2D eigenvalue weighted by Crippen LogP contribution is 1.93. The third kappa shape index (κ3) is 4.80. The number of nitroso groups, excluding NO2 is 1. The zero-order valence-electron chi connectivity index (χ0n) is 4.87. The first-order valence-corrected chi connectivity index (χ1v) is 2.61. The molecule has 0 heterocycles. The molecular formula is C5H7NO3. The van der Waals surface area contributed by atoms with Gasteiger partial charge in [0.1, 0.15) is 6.29 Å². The smallest absolute Gasteiger partial charge is 0.286 e. The van der Waals surface area contributed by atoms with Gasteiger partial charge in [-0.1, -0.05) is 0 Å². The van der Waals surface area contributed by atoms with Crippen molar-refractivity contribution in [3.63, 3.8) is 0 Å². The second-order valence-corrected chi connectivity index (χ2v) is 1.54. The van der Waals surface area contributed by atoms with Crippen LogP contribution in [0.25, 0.3) is 0 Å². The van der Waals surface area contributed by atoms with Crippen LogP contribution in [0.3, 0.4) is 0 Å². The van der Waals surface area contributed by atoms with E-state index in [1.54, 1.807) is 0 Å². The van der Waals surface area contributed by atoms with Crippen molar-refractivity contribution in [3.8, 4) is 0 Å². The van der Waals surface area contributed by atoms with Crippen LogP contribution in [0, 0.1) is 4.91 Å². The minimum absolute atomic E-state index is 0.0856. The molecule has 0 aromatic rings. The van der Waals surface area contributed by atoms with Crippen LogP contribution in [-0.4, -0.2) is 12.2 Å². The predicted molar refractivity (Wildman–Crippen MR) is 30.7 cm³/mol. The number of aldehydes is 1. The molecule has 9 heavy (non-hydrogen) atoms. The maximum absolute atomic E-state index is 10.1. The largest absolute Gasteiger partial charge is 0.303 e. The molecule has 0 aliphatic carbocycles. The van der Waals surface area contributed by atoms with Gasteiger partial charge in [-0.3, -0.25) is 4.79 Å². The Morgan fingerprint density at radius 2 is 2.22 bits per heavy atom. The first-order chi connectivity index (χ1) is 4.31. The number of hydrogen-bond acceptors (Lipinski definition) is 3. The topological polar surface area (TPSA) is 63.6 Å². The fourth-order valence-electron chi connectivity index (χ4n) is 0.382. The SMILES string of the molecule is O=CCCCC(=O)N=O. The van der Waals surface area contributed by atoms with Crippen molar-refractivity contribution in [2.24, 2.45) is 5.18 Å². The second kappa shape index (κ2) is 5.08. The second-order valence-electron chi connectivity index (χ2n) is 1.54. The molecule has 50 valence electrons. The lowest BCUT2D eigenvalue weighted by Gasteiger charge is -1.84. The zero-order valence-corrected chi connectivity index (χ0v) is 4.87. The van der Waals surface area contributed by atoms with Gasteiger partial charge in [-0.2, -0.15) is 0 Å². The average molecular weight is 129 g/mol. The van der Waals surface area contributed by atoms with Gasteiger partial charge in [0.2, 0.25) is 0 Å². The van der Waals surface area contributed by atoms with E-state index < -0.39 is 5.91 Å². The van der Waals surface area contributed by atoms with Gasteiger partial charge < -0.3 is 4.79 Å². The summed E-state index contributed by atoms with van der Waals surface area (Å²) >= 11 is 0.